The van der Waals surface area contributed by atoms with Gasteiger partial charge >= 0.3 is 5.97 Å². The molecule has 88 valence electrons. The Labute approximate surface area is 98.9 Å². The molecule has 0 aliphatic heterocycles. The summed E-state index contributed by atoms with van der Waals surface area (Å²) in [5.41, 5.74) is 1.01. The summed E-state index contributed by atoms with van der Waals surface area (Å²) >= 11 is 0. The van der Waals surface area contributed by atoms with Crippen LogP contribution in [0.4, 0.5) is 0 Å². The van der Waals surface area contributed by atoms with E-state index in [0.29, 0.717) is 12.2 Å². The summed E-state index contributed by atoms with van der Waals surface area (Å²) in [6.45, 7) is 0. The smallest absolute Gasteiger partial charge is 0.304 e. The minimum atomic E-state index is -0.824. The van der Waals surface area contributed by atoms with E-state index in [4.69, 9.17) is 9.52 Å². The molecule has 0 aliphatic rings. The van der Waals surface area contributed by atoms with Crippen LogP contribution in [0.15, 0.2) is 47.3 Å². The number of hydrogen-bond donors (Lipinski definition) is 1. The van der Waals surface area contributed by atoms with Crippen molar-refractivity contribution in [3.8, 4) is 0 Å². The molecular weight excluding hydrogens is 218 g/mol. The molecule has 2 heterocycles. The van der Waals surface area contributed by atoms with Crippen LogP contribution in [0.1, 0.15) is 23.7 Å². The number of carbonyl (C=O) groups is 1. The Hall–Kier alpha value is -2.10. The molecule has 1 atom stereocenters. The molecule has 0 aliphatic carbocycles. The number of nitrogens with zero attached hydrogens (tertiary/aromatic N) is 1. The van der Waals surface area contributed by atoms with Crippen molar-refractivity contribution < 1.29 is 14.3 Å². The van der Waals surface area contributed by atoms with E-state index in [1.165, 1.54) is 0 Å². The Kier molecular flexibility index (Phi) is 3.55. The Bertz CT molecular complexity index is 465. The van der Waals surface area contributed by atoms with Crippen LogP contribution < -0.4 is 0 Å². The average Bonchev–Trinajstić information content (AvgIpc) is 2.82. The number of hydrogen-bond acceptors (Lipinski definition) is 3. The lowest BCUT2D eigenvalue weighted by Crippen LogP contribution is -2.08. The van der Waals surface area contributed by atoms with Crippen LogP contribution in [0.25, 0.3) is 0 Å². The lowest BCUT2D eigenvalue weighted by Gasteiger charge is -2.11. The van der Waals surface area contributed by atoms with Gasteiger partial charge < -0.3 is 9.52 Å². The first-order valence-electron chi connectivity index (χ1n) is 5.40. The number of carboxylic acids is 1. The van der Waals surface area contributed by atoms with Crippen LogP contribution in [0, 0.1) is 0 Å². The van der Waals surface area contributed by atoms with Crippen molar-refractivity contribution >= 4 is 5.97 Å². The SMILES string of the molecule is O=C(O)CC(Cc1cccnc1)c1ccco1. The van der Waals surface area contributed by atoms with Gasteiger partial charge in [0.25, 0.3) is 0 Å². The Morgan fingerprint density at radius 2 is 2.29 bits per heavy atom. The molecule has 0 amide bonds. The highest BCUT2D eigenvalue weighted by atomic mass is 16.4. The van der Waals surface area contributed by atoms with E-state index in [2.05, 4.69) is 4.98 Å². The van der Waals surface area contributed by atoms with Crippen LogP contribution in [-0.4, -0.2) is 16.1 Å². The average molecular weight is 231 g/mol. The lowest BCUT2D eigenvalue weighted by atomic mass is 9.95. The van der Waals surface area contributed by atoms with Gasteiger partial charge in [-0.1, -0.05) is 6.07 Å². The number of carboxylic acid groups (broad SMARTS) is 1. The minimum Gasteiger partial charge on any atom is -0.481 e. The quantitative estimate of drug-likeness (QED) is 0.858. The fourth-order valence-electron chi connectivity index (χ4n) is 1.81. The lowest BCUT2D eigenvalue weighted by molar-refractivity contribution is -0.137. The molecule has 0 saturated carbocycles. The van der Waals surface area contributed by atoms with Crippen molar-refractivity contribution in [1.29, 1.82) is 0 Å². The molecule has 17 heavy (non-hydrogen) atoms. The van der Waals surface area contributed by atoms with E-state index in [9.17, 15) is 4.79 Å². The van der Waals surface area contributed by atoms with Crippen molar-refractivity contribution in [2.45, 2.75) is 18.8 Å². The molecule has 0 fully saturated rings. The highest BCUT2D eigenvalue weighted by Crippen LogP contribution is 2.24. The number of aromatic nitrogens is 1. The maximum atomic E-state index is 10.8. The number of aliphatic carboxylic acids is 1. The van der Waals surface area contributed by atoms with Gasteiger partial charge in [0.1, 0.15) is 5.76 Å². The molecule has 0 radical (unpaired) electrons. The summed E-state index contributed by atoms with van der Waals surface area (Å²) in [6.07, 6.45) is 5.68. The number of furan rings is 1. The van der Waals surface area contributed by atoms with Crippen molar-refractivity contribution in [3.63, 3.8) is 0 Å². The molecule has 0 bridgehead atoms. The first-order chi connectivity index (χ1) is 8.25. The van der Waals surface area contributed by atoms with Crippen molar-refractivity contribution in [1.82, 2.24) is 4.98 Å². The predicted molar refractivity (Wildman–Crippen MR) is 61.6 cm³/mol. The second kappa shape index (κ2) is 5.30. The zero-order valence-corrected chi connectivity index (χ0v) is 9.24. The molecule has 2 aromatic rings. The van der Waals surface area contributed by atoms with Gasteiger partial charge in [0.15, 0.2) is 0 Å². The third-order valence-electron chi connectivity index (χ3n) is 2.57. The van der Waals surface area contributed by atoms with E-state index in [-0.39, 0.29) is 12.3 Å². The zero-order valence-electron chi connectivity index (χ0n) is 9.24. The predicted octanol–water partition coefficient (Wildman–Crippen LogP) is 2.48. The number of rotatable bonds is 5. The van der Waals surface area contributed by atoms with Crippen molar-refractivity contribution in [2.24, 2.45) is 0 Å². The molecule has 0 saturated heterocycles. The fraction of sp³-hybridized carbons (Fsp3) is 0.231. The molecular formula is C13H13NO3. The normalized spacial score (nSPS) is 12.2. The Morgan fingerprint density at radius 1 is 1.41 bits per heavy atom. The van der Waals surface area contributed by atoms with Crippen LogP contribution in [0.3, 0.4) is 0 Å². The monoisotopic (exact) mass is 231 g/mol. The minimum absolute atomic E-state index is 0.0579. The topological polar surface area (TPSA) is 63.3 Å². The van der Waals surface area contributed by atoms with E-state index >= 15 is 0 Å². The Morgan fingerprint density at radius 3 is 2.88 bits per heavy atom. The van der Waals surface area contributed by atoms with Gasteiger partial charge in [0, 0.05) is 18.3 Å². The summed E-state index contributed by atoms with van der Waals surface area (Å²) in [7, 11) is 0. The maximum Gasteiger partial charge on any atom is 0.304 e. The van der Waals surface area contributed by atoms with E-state index in [1.54, 1.807) is 24.7 Å². The van der Waals surface area contributed by atoms with E-state index in [0.717, 1.165) is 5.56 Å². The molecule has 1 N–H and O–H groups in total. The summed E-state index contributed by atoms with van der Waals surface area (Å²) < 4.78 is 5.28. The van der Waals surface area contributed by atoms with Gasteiger partial charge in [-0.05, 0) is 30.2 Å². The van der Waals surface area contributed by atoms with Gasteiger partial charge in [-0.3, -0.25) is 9.78 Å². The molecule has 4 nitrogen and oxygen atoms in total. The van der Waals surface area contributed by atoms with Gasteiger partial charge in [-0.2, -0.15) is 0 Å². The van der Waals surface area contributed by atoms with Gasteiger partial charge in [0.2, 0.25) is 0 Å². The van der Waals surface area contributed by atoms with E-state index in [1.807, 2.05) is 18.2 Å². The molecule has 0 spiro atoms. The summed E-state index contributed by atoms with van der Waals surface area (Å²) in [5, 5.41) is 8.90. The molecule has 2 rings (SSSR count). The van der Waals surface area contributed by atoms with Crippen LogP contribution in [-0.2, 0) is 11.2 Å². The van der Waals surface area contributed by atoms with Gasteiger partial charge in [0.05, 0.1) is 12.7 Å². The zero-order chi connectivity index (χ0) is 12.1. The first-order valence-corrected chi connectivity index (χ1v) is 5.40. The van der Waals surface area contributed by atoms with Crippen molar-refractivity contribution in [2.75, 3.05) is 0 Å². The summed E-state index contributed by atoms with van der Waals surface area (Å²) in [6, 6.07) is 7.36. The highest BCUT2D eigenvalue weighted by Gasteiger charge is 2.18. The second-order valence-electron chi connectivity index (χ2n) is 3.88. The summed E-state index contributed by atoms with van der Waals surface area (Å²) in [4.78, 5) is 14.9. The fourth-order valence-corrected chi connectivity index (χ4v) is 1.81. The van der Waals surface area contributed by atoms with Crippen molar-refractivity contribution in [3.05, 3.63) is 54.2 Å². The van der Waals surface area contributed by atoms with E-state index < -0.39 is 5.97 Å². The molecule has 4 heteroatoms. The second-order valence-corrected chi connectivity index (χ2v) is 3.88. The van der Waals surface area contributed by atoms with Crippen LogP contribution in [0.5, 0.6) is 0 Å². The molecule has 2 aromatic heterocycles. The van der Waals surface area contributed by atoms with Crippen LogP contribution in [0.2, 0.25) is 0 Å². The van der Waals surface area contributed by atoms with Gasteiger partial charge in [-0.25, -0.2) is 0 Å². The molecule has 1 unspecified atom stereocenters. The standard InChI is InChI=1S/C13H13NO3/c15-13(16)8-11(12-4-2-6-17-12)7-10-3-1-5-14-9-10/h1-6,9,11H,7-8H2,(H,15,16). The maximum absolute atomic E-state index is 10.8. The largest absolute Gasteiger partial charge is 0.481 e. The summed E-state index contributed by atoms with van der Waals surface area (Å²) in [5.74, 6) is -0.266. The highest BCUT2D eigenvalue weighted by molar-refractivity contribution is 5.67. The third kappa shape index (κ3) is 3.17. The van der Waals surface area contributed by atoms with Crippen LogP contribution >= 0.6 is 0 Å². The molecule has 0 aromatic carbocycles. The third-order valence-corrected chi connectivity index (χ3v) is 2.57. The van der Waals surface area contributed by atoms with Gasteiger partial charge in [-0.15, -0.1) is 0 Å². The Balaban J connectivity index is 2.14. The first kappa shape index (κ1) is 11.4. The number of pyridine rings is 1.